The Hall–Kier alpha value is -1.79. The lowest BCUT2D eigenvalue weighted by Crippen LogP contribution is -2.50. The number of rotatable bonds is 5. The lowest BCUT2D eigenvalue weighted by molar-refractivity contribution is -0.139. The molecule has 0 radical (unpaired) electrons. The van der Waals surface area contributed by atoms with Gasteiger partial charge in [-0.05, 0) is 13.3 Å². The molecule has 0 saturated heterocycles. The maximum atomic E-state index is 12.0. The smallest absolute Gasteiger partial charge is 0.237 e. The van der Waals surface area contributed by atoms with Crippen molar-refractivity contribution in [1.29, 1.82) is 0 Å². The Kier molecular flexibility index (Phi) is 4.74. The number of hydrogen-bond donors (Lipinski definition) is 3. The van der Waals surface area contributed by atoms with Gasteiger partial charge >= 0.3 is 0 Å². The number of nitrogens with zero attached hydrogens (tertiary/aromatic N) is 2. The van der Waals surface area contributed by atoms with E-state index in [9.17, 15) is 9.59 Å². The molecule has 0 rings (SSSR count). The highest BCUT2D eigenvalue weighted by atomic mass is 16.4. The van der Waals surface area contributed by atoms with E-state index in [1.165, 1.54) is 7.05 Å². The second-order valence-electron chi connectivity index (χ2n) is 3.80. The molecule has 0 saturated carbocycles. The minimum Gasteiger partial charge on any atom is -0.409 e. The van der Waals surface area contributed by atoms with E-state index in [0.29, 0.717) is 6.42 Å². The molecule has 92 valence electrons. The Morgan fingerprint density at radius 1 is 1.44 bits per heavy atom. The highest BCUT2D eigenvalue weighted by molar-refractivity contribution is 6.06. The summed E-state index contributed by atoms with van der Waals surface area (Å²) in [5.74, 6) is -1.21. The van der Waals surface area contributed by atoms with E-state index in [4.69, 9.17) is 16.7 Å². The molecular formula is C9H18N4O3. The van der Waals surface area contributed by atoms with E-state index in [0.717, 1.165) is 4.90 Å². The van der Waals surface area contributed by atoms with E-state index >= 15 is 0 Å². The summed E-state index contributed by atoms with van der Waals surface area (Å²) >= 11 is 0. The second kappa shape index (κ2) is 5.34. The highest BCUT2D eigenvalue weighted by Gasteiger charge is 2.38. The van der Waals surface area contributed by atoms with E-state index in [-0.39, 0.29) is 12.4 Å². The van der Waals surface area contributed by atoms with Crippen LogP contribution >= 0.6 is 0 Å². The molecule has 16 heavy (non-hydrogen) atoms. The van der Waals surface area contributed by atoms with Gasteiger partial charge in [0.2, 0.25) is 11.8 Å². The first-order chi connectivity index (χ1) is 7.29. The molecule has 0 heterocycles. The summed E-state index contributed by atoms with van der Waals surface area (Å²) in [7, 11) is 1.44. The van der Waals surface area contributed by atoms with Crippen LogP contribution < -0.4 is 11.5 Å². The minimum atomic E-state index is -1.13. The quantitative estimate of drug-likeness (QED) is 0.245. The average molecular weight is 230 g/mol. The molecule has 0 aliphatic carbocycles. The molecule has 0 aliphatic rings. The predicted octanol–water partition coefficient (Wildman–Crippen LogP) is -0.907. The Labute approximate surface area is 94.1 Å². The van der Waals surface area contributed by atoms with Gasteiger partial charge in [0.15, 0.2) is 5.84 Å². The summed E-state index contributed by atoms with van der Waals surface area (Å²) in [4.78, 5) is 23.8. The zero-order valence-electron chi connectivity index (χ0n) is 9.73. The summed E-state index contributed by atoms with van der Waals surface area (Å²) in [5, 5.41) is 11.5. The largest absolute Gasteiger partial charge is 0.409 e. The van der Waals surface area contributed by atoms with Crippen LogP contribution in [0.3, 0.4) is 0 Å². The molecule has 5 N–H and O–H groups in total. The van der Waals surface area contributed by atoms with Gasteiger partial charge in [0.1, 0.15) is 5.41 Å². The van der Waals surface area contributed by atoms with Gasteiger partial charge < -0.3 is 21.6 Å². The van der Waals surface area contributed by atoms with Gasteiger partial charge in [0.05, 0.1) is 6.54 Å². The van der Waals surface area contributed by atoms with Gasteiger partial charge in [-0.1, -0.05) is 12.1 Å². The molecule has 0 aliphatic heterocycles. The van der Waals surface area contributed by atoms with E-state index in [1.54, 1.807) is 13.8 Å². The molecule has 0 aromatic rings. The van der Waals surface area contributed by atoms with Crippen LogP contribution in [0, 0.1) is 5.41 Å². The Bertz CT molecular complexity index is 316. The lowest BCUT2D eigenvalue weighted by atomic mass is 9.84. The van der Waals surface area contributed by atoms with Gasteiger partial charge in [0.25, 0.3) is 0 Å². The zero-order chi connectivity index (χ0) is 12.9. The average Bonchev–Trinajstić information content (AvgIpc) is 2.24. The molecule has 0 aromatic carbocycles. The van der Waals surface area contributed by atoms with Gasteiger partial charge in [-0.3, -0.25) is 9.59 Å². The van der Waals surface area contributed by atoms with E-state index < -0.39 is 17.2 Å². The van der Waals surface area contributed by atoms with Crippen molar-refractivity contribution in [2.45, 2.75) is 20.3 Å². The molecule has 0 fully saturated rings. The van der Waals surface area contributed by atoms with Crippen molar-refractivity contribution in [3.05, 3.63) is 0 Å². The third-order valence-corrected chi connectivity index (χ3v) is 2.59. The molecule has 0 bridgehead atoms. The summed E-state index contributed by atoms with van der Waals surface area (Å²) in [6.07, 6.45) is 0.352. The first-order valence-corrected chi connectivity index (χ1v) is 4.81. The van der Waals surface area contributed by atoms with Crippen molar-refractivity contribution in [2.24, 2.45) is 22.0 Å². The minimum absolute atomic E-state index is 0.184. The number of hydrogen-bond acceptors (Lipinski definition) is 4. The number of amidine groups is 1. The maximum absolute atomic E-state index is 12.0. The van der Waals surface area contributed by atoms with Crippen molar-refractivity contribution >= 4 is 17.6 Å². The fourth-order valence-electron chi connectivity index (χ4n) is 1.28. The first kappa shape index (κ1) is 14.2. The van der Waals surface area contributed by atoms with Gasteiger partial charge in [-0.25, -0.2) is 0 Å². The van der Waals surface area contributed by atoms with Crippen LogP contribution in [0.5, 0.6) is 0 Å². The number of primary amides is 1. The highest BCUT2D eigenvalue weighted by Crippen LogP contribution is 2.23. The number of nitrogens with two attached hydrogens (primary N) is 2. The normalized spacial score (nSPS) is 15.3. The fourth-order valence-corrected chi connectivity index (χ4v) is 1.28. The molecule has 1 atom stereocenters. The molecule has 0 aromatic heterocycles. The SMILES string of the molecule is CCC(C)(C(=O)N(C)CC(N)=O)C(N)=NO. The van der Waals surface area contributed by atoms with Crippen LogP contribution in [0.4, 0.5) is 0 Å². The zero-order valence-corrected chi connectivity index (χ0v) is 9.73. The number of likely N-dealkylation sites (N-methyl/N-ethyl adjacent to an activating group) is 1. The number of amides is 2. The van der Waals surface area contributed by atoms with Crippen molar-refractivity contribution in [3.8, 4) is 0 Å². The van der Waals surface area contributed by atoms with Crippen molar-refractivity contribution in [2.75, 3.05) is 13.6 Å². The topological polar surface area (TPSA) is 122 Å². The van der Waals surface area contributed by atoms with Crippen LogP contribution in [0.25, 0.3) is 0 Å². The van der Waals surface area contributed by atoms with E-state index in [2.05, 4.69) is 5.16 Å². The molecule has 7 heteroatoms. The third kappa shape index (κ3) is 2.85. The lowest BCUT2D eigenvalue weighted by Gasteiger charge is -2.29. The standard InChI is InChI=1S/C9H18N4O3/c1-4-9(2,7(11)12-16)8(15)13(3)5-6(10)14/h16H,4-5H2,1-3H3,(H2,10,14)(H2,11,12). The first-order valence-electron chi connectivity index (χ1n) is 4.81. The van der Waals surface area contributed by atoms with Crippen molar-refractivity contribution in [1.82, 2.24) is 4.90 Å². The second-order valence-corrected chi connectivity index (χ2v) is 3.80. The van der Waals surface area contributed by atoms with E-state index in [1.807, 2.05) is 0 Å². The molecule has 0 spiro atoms. The van der Waals surface area contributed by atoms with Gasteiger partial charge in [-0.15, -0.1) is 0 Å². The molecule has 7 nitrogen and oxygen atoms in total. The van der Waals surface area contributed by atoms with Crippen LogP contribution in [-0.2, 0) is 9.59 Å². The van der Waals surface area contributed by atoms with Crippen LogP contribution in [-0.4, -0.2) is 41.3 Å². The molecular weight excluding hydrogens is 212 g/mol. The van der Waals surface area contributed by atoms with Gasteiger partial charge in [-0.2, -0.15) is 0 Å². The van der Waals surface area contributed by atoms with Crippen LogP contribution in [0.15, 0.2) is 5.16 Å². The molecule has 2 amide bonds. The van der Waals surface area contributed by atoms with Crippen molar-refractivity contribution < 1.29 is 14.8 Å². The van der Waals surface area contributed by atoms with Crippen LogP contribution in [0.1, 0.15) is 20.3 Å². The summed E-state index contributed by atoms with van der Waals surface area (Å²) < 4.78 is 0. The Balaban J connectivity index is 4.98. The summed E-state index contributed by atoms with van der Waals surface area (Å²) in [6.45, 7) is 3.07. The summed E-state index contributed by atoms with van der Waals surface area (Å²) in [5.41, 5.74) is 9.32. The predicted molar refractivity (Wildman–Crippen MR) is 58.6 cm³/mol. The van der Waals surface area contributed by atoms with Crippen molar-refractivity contribution in [3.63, 3.8) is 0 Å². The Morgan fingerprint density at radius 3 is 2.25 bits per heavy atom. The monoisotopic (exact) mass is 230 g/mol. The van der Waals surface area contributed by atoms with Gasteiger partial charge in [0, 0.05) is 7.05 Å². The Morgan fingerprint density at radius 2 is 1.94 bits per heavy atom. The summed E-state index contributed by atoms with van der Waals surface area (Å²) in [6, 6.07) is 0. The fraction of sp³-hybridized carbons (Fsp3) is 0.667. The maximum Gasteiger partial charge on any atom is 0.237 e. The molecule has 1 unspecified atom stereocenters. The number of carbonyl (C=O) groups excluding carboxylic acids is 2. The third-order valence-electron chi connectivity index (χ3n) is 2.59. The number of carbonyl (C=O) groups is 2. The van der Waals surface area contributed by atoms with Crippen LogP contribution in [0.2, 0.25) is 0 Å². The number of oxime groups is 1.